The van der Waals surface area contributed by atoms with Gasteiger partial charge in [0.05, 0.1) is 0 Å². The smallest absolute Gasteiger partial charge is 0.303 e. The number of rotatable bonds is 8. The summed E-state index contributed by atoms with van der Waals surface area (Å²) in [6.07, 6.45) is 1.24. The average molecular weight is 266 g/mol. The molecule has 0 fully saturated rings. The van der Waals surface area contributed by atoms with Crippen LogP contribution in [0, 0.1) is 5.41 Å². The van der Waals surface area contributed by atoms with Crippen molar-refractivity contribution >= 4 is 16.2 Å². The number of carbonyl (C=O) groups is 1. The Morgan fingerprint density at radius 1 is 1.29 bits per heavy atom. The van der Waals surface area contributed by atoms with Gasteiger partial charge >= 0.3 is 5.97 Å². The number of carboxylic acid groups (broad SMARTS) is 1. The van der Waals surface area contributed by atoms with Gasteiger partial charge in [-0.05, 0) is 18.3 Å². The minimum atomic E-state index is -3.38. The maximum Gasteiger partial charge on any atom is 0.303 e. The SMILES string of the molecule is CN(C)S(=O)(=O)NCCC(C)(C)CCC(=O)O. The van der Waals surface area contributed by atoms with Crippen molar-refractivity contribution in [2.24, 2.45) is 5.41 Å². The summed E-state index contributed by atoms with van der Waals surface area (Å²) >= 11 is 0. The maximum atomic E-state index is 11.4. The van der Waals surface area contributed by atoms with Crippen LogP contribution >= 0.6 is 0 Å². The summed E-state index contributed by atoms with van der Waals surface area (Å²) in [5.74, 6) is -0.827. The topological polar surface area (TPSA) is 86.7 Å². The van der Waals surface area contributed by atoms with E-state index in [2.05, 4.69) is 4.72 Å². The van der Waals surface area contributed by atoms with Crippen LogP contribution in [0.3, 0.4) is 0 Å². The second-order valence-electron chi connectivity index (χ2n) is 4.99. The number of hydrogen-bond donors (Lipinski definition) is 2. The standard InChI is InChI=1S/C10H22N2O4S/c1-10(2,6-5-9(13)14)7-8-11-17(15,16)12(3)4/h11H,5-8H2,1-4H3,(H,13,14). The number of aliphatic carboxylic acids is 1. The van der Waals surface area contributed by atoms with Gasteiger partial charge in [0.25, 0.3) is 10.2 Å². The Kier molecular flexibility index (Phi) is 6.08. The first-order valence-corrected chi connectivity index (χ1v) is 6.90. The van der Waals surface area contributed by atoms with Gasteiger partial charge in [-0.25, -0.2) is 4.72 Å². The maximum absolute atomic E-state index is 11.4. The minimum absolute atomic E-state index is 0.105. The molecule has 0 saturated heterocycles. The Hall–Kier alpha value is -0.660. The number of carboxylic acids is 1. The van der Waals surface area contributed by atoms with Crippen molar-refractivity contribution in [3.05, 3.63) is 0 Å². The van der Waals surface area contributed by atoms with Crippen LogP contribution < -0.4 is 4.72 Å². The summed E-state index contributed by atoms with van der Waals surface area (Å²) in [5, 5.41) is 8.59. The van der Waals surface area contributed by atoms with Gasteiger partial charge in [0, 0.05) is 27.1 Å². The molecule has 0 atom stereocenters. The van der Waals surface area contributed by atoms with E-state index in [-0.39, 0.29) is 11.8 Å². The molecule has 0 aromatic heterocycles. The van der Waals surface area contributed by atoms with E-state index in [1.54, 1.807) is 0 Å². The van der Waals surface area contributed by atoms with Crippen molar-refractivity contribution in [1.82, 2.24) is 9.03 Å². The summed E-state index contributed by atoms with van der Waals surface area (Å²) in [5.41, 5.74) is -0.187. The Labute approximate surface area is 103 Å². The van der Waals surface area contributed by atoms with Gasteiger partial charge in [0.15, 0.2) is 0 Å². The van der Waals surface area contributed by atoms with Gasteiger partial charge in [-0.2, -0.15) is 12.7 Å². The number of hydrogen-bond acceptors (Lipinski definition) is 3. The molecule has 102 valence electrons. The largest absolute Gasteiger partial charge is 0.481 e. The minimum Gasteiger partial charge on any atom is -0.481 e. The van der Waals surface area contributed by atoms with Crippen LogP contribution in [-0.2, 0) is 15.0 Å². The van der Waals surface area contributed by atoms with Gasteiger partial charge < -0.3 is 5.11 Å². The lowest BCUT2D eigenvalue weighted by molar-refractivity contribution is -0.137. The monoisotopic (exact) mass is 266 g/mol. The molecule has 0 heterocycles. The molecule has 0 unspecified atom stereocenters. The predicted octanol–water partition coefficient (Wildman–Crippen LogP) is 0.664. The van der Waals surface area contributed by atoms with Gasteiger partial charge in [0.1, 0.15) is 0 Å². The molecule has 6 nitrogen and oxygen atoms in total. The van der Waals surface area contributed by atoms with E-state index in [0.717, 1.165) is 4.31 Å². The molecule has 0 radical (unpaired) electrons. The highest BCUT2D eigenvalue weighted by molar-refractivity contribution is 7.87. The second kappa shape index (κ2) is 6.32. The highest BCUT2D eigenvalue weighted by Crippen LogP contribution is 2.26. The third-order valence-electron chi connectivity index (χ3n) is 2.58. The molecular weight excluding hydrogens is 244 g/mol. The lowest BCUT2D eigenvalue weighted by Gasteiger charge is -2.24. The van der Waals surface area contributed by atoms with E-state index < -0.39 is 16.2 Å². The molecular formula is C10H22N2O4S. The van der Waals surface area contributed by atoms with Gasteiger partial charge in [-0.1, -0.05) is 13.8 Å². The van der Waals surface area contributed by atoms with Crippen LogP contribution in [-0.4, -0.2) is 44.4 Å². The molecule has 0 aliphatic heterocycles. The van der Waals surface area contributed by atoms with E-state index in [9.17, 15) is 13.2 Å². The van der Waals surface area contributed by atoms with Crippen molar-refractivity contribution in [2.45, 2.75) is 33.1 Å². The third kappa shape index (κ3) is 7.30. The van der Waals surface area contributed by atoms with Gasteiger partial charge in [0.2, 0.25) is 0 Å². The van der Waals surface area contributed by atoms with Crippen LogP contribution in [0.25, 0.3) is 0 Å². The first kappa shape index (κ1) is 16.3. The molecule has 0 aliphatic rings. The molecule has 0 aromatic rings. The molecule has 17 heavy (non-hydrogen) atoms. The summed E-state index contributed by atoms with van der Waals surface area (Å²) < 4.78 is 26.4. The quantitative estimate of drug-likeness (QED) is 0.676. The molecule has 7 heteroatoms. The van der Waals surface area contributed by atoms with E-state index in [1.165, 1.54) is 14.1 Å². The van der Waals surface area contributed by atoms with Gasteiger partial charge in [-0.3, -0.25) is 4.79 Å². The van der Waals surface area contributed by atoms with Crippen molar-refractivity contribution in [1.29, 1.82) is 0 Å². The highest BCUT2D eigenvalue weighted by Gasteiger charge is 2.20. The predicted molar refractivity (Wildman–Crippen MR) is 65.9 cm³/mol. The van der Waals surface area contributed by atoms with Crippen LogP contribution in [0.1, 0.15) is 33.1 Å². The van der Waals surface area contributed by atoms with Gasteiger partial charge in [-0.15, -0.1) is 0 Å². The first-order chi connectivity index (χ1) is 7.57. The van der Waals surface area contributed by atoms with E-state index >= 15 is 0 Å². The van der Waals surface area contributed by atoms with Crippen molar-refractivity contribution < 1.29 is 18.3 Å². The van der Waals surface area contributed by atoms with E-state index in [1.807, 2.05) is 13.8 Å². The summed E-state index contributed by atoms with van der Waals surface area (Å²) in [6.45, 7) is 4.17. The average Bonchev–Trinajstić information content (AvgIpc) is 2.14. The van der Waals surface area contributed by atoms with Crippen molar-refractivity contribution in [3.63, 3.8) is 0 Å². The zero-order valence-corrected chi connectivity index (χ0v) is 11.7. The molecule has 0 amide bonds. The van der Waals surface area contributed by atoms with Crippen molar-refractivity contribution in [3.8, 4) is 0 Å². The second-order valence-corrected chi connectivity index (χ2v) is 6.96. The highest BCUT2D eigenvalue weighted by atomic mass is 32.2. The molecule has 0 aromatic carbocycles. The lowest BCUT2D eigenvalue weighted by Crippen LogP contribution is -2.37. The molecule has 0 bridgehead atoms. The molecule has 0 rings (SSSR count). The first-order valence-electron chi connectivity index (χ1n) is 5.46. The van der Waals surface area contributed by atoms with Crippen molar-refractivity contribution in [2.75, 3.05) is 20.6 Å². The molecule has 0 aliphatic carbocycles. The summed E-state index contributed by atoms with van der Waals surface area (Å²) in [7, 11) is -0.472. The molecule has 2 N–H and O–H groups in total. The Morgan fingerprint density at radius 2 is 1.82 bits per heavy atom. The Bertz CT molecular complexity index is 349. The Balaban J connectivity index is 4.07. The normalized spacial score (nSPS) is 13.0. The van der Waals surface area contributed by atoms with E-state index in [4.69, 9.17) is 5.11 Å². The zero-order chi connectivity index (χ0) is 13.7. The fourth-order valence-electron chi connectivity index (χ4n) is 1.22. The number of nitrogens with zero attached hydrogens (tertiary/aromatic N) is 1. The molecule has 0 saturated carbocycles. The fourth-order valence-corrected chi connectivity index (χ4v) is 1.84. The van der Waals surface area contributed by atoms with Crippen LogP contribution in [0.2, 0.25) is 0 Å². The zero-order valence-electron chi connectivity index (χ0n) is 10.9. The number of nitrogens with one attached hydrogen (secondary N) is 1. The summed E-state index contributed by atoms with van der Waals surface area (Å²) in [4.78, 5) is 10.5. The summed E-state index contributed by atoms with van der Waals surface area (Å²) in [6, 6.07) is 0. The fraction of sp³-hybridized carbons (Fsp3) is 0.900. The lowest BCUT2D eigenvalue weighted by atomic mass is 9.84. The van der Waals surface area contributed by atoms with E-state index in [0.29, 0.717) is 19.4 Å². The van der Waals surface area contributed by atoms with Crippen LogP contribution in [0.15, 0.2) is 0 Å². The van der Waals surface area contributed by atoms with Crippen LogP contribution in [0.5, 0.6) is 0 Å². The van der Waals surface area contributed by atoms with Crippen LogP contribution in [0.4, 0.5) is 0 Å². The third-order valence-corrected chi connectivity index (χ3v) is 4.11. The molecule has 0 spiro atoms. The Morgan fingerprint density at radius 3 is 2.24 bits per heavy atom.